The first-order valence-corrected chi connectivity index (χ1v) is 11.8. The summed E-state index contributed by atoms with van der Waals surface area (Å²) in [5.41, 5.74) is 2.30. The molecule has 3 aromatic rings. The standard InChI is InChI=1S/C29H25F3N2O3/c1-18(35)21-6-4-20(5-7-21)17-33-27(36)23-8-2-19(3-9-23)16-26(28(37)34-25-14-15-25)22-10-12-24(13-11-22)29(30,31)32/h2-13,16,25H,14-15,17H2,1H3,(H,33,36)(H,34,37)/b26-16+. The van der Waals surface area contributed by atoms with Crippen molar-refractivity contribution in [1.82, 2.24) is 10.6 Å². The van der Waals surface area contributed by atoms with Gasteiger partial charge in [-0.3, -0.25) is 14.4 Å². The number of alkyl halides is 3. The summed E-state index contributed by atoms with van der Waals surface area (Å²) < 4.78 is 38.9. The summed E-state index contributed by atoms with van der Waals surface area (Å²) in [4.78, 5) is 36.8. The Bertz CT molecular complexity index is 1320. The minimum atomic E-state index is -4.47. The predicted molar refractivity (Wildman–Crippen MR) is 135 cm³/mol. The van der Waals surface area contributed by atoms with Crippen molar-refractivity contribution in [2.75, 3.05) is 0 Å². The Kier molecular flexibility index (Phi) is 7.57. The molecule has 37 heavy (non-hydrogen) atoms. The molecular weight excluding hydrogens is 481 g/mol. The van der Waals surface area contributed by atoms with Crippen LogP contribution in [-0.2, 0) is 17.5 Å². The molecule has 0 unspecified atom stereocenters. The zero-order valence-electron chi connectivity index (χ0n) is 20.1. The van der Waals surface area contributed by atoms with E-state index in [2.05, 4.69) is 10.6 Å². The molecule has 3 aromatic carbocycles. The van der Waals surface area contributed by atoms with E-state index in [9.17, 15) is 27.6 Å². The minimum absolute atomic E-state index is 0.0313. The highest BCUT2D eigenvalue weighted by Gasteiger charge is 2.30. The Hall–Kier alpha value is -4.20. The average molecular weight is 507 g/mol. The van der Waals surface area contributed by atoms with Crippen LogP contribution in [-0.4, -0.2) is 23.6 Å². The van der Waals surface area contributed by atoms with E-state index >= 15 is 0 Å². The first-order valence-electron chi connectivity index (χ1n) is 11.8. The number of hydrogen-bond acceptors (Lipinski definition) is 3. The van der Waals surface area contributed by atoms with Crippen molar-refractivity contribution >= 4 is 29.2 Å². The molecule has 0 bridgehead atoms. The van der Waals surface area contributed by atoms with E-state index in [-0.39, 0.29) is 35.8 Å². The van der Waals surface area contributed by atoms with Gasteiger partial charge in [0.05, 0.1) is 5.56 Å². The van der Waals surface area contributed by atoms with E-state index in [1.165, 1.54) is 19.1 Å². The van der Waals surface area contributed by atoms with Crippen LogP contribution in [0.3, 0.4) is 0 Å². The maximum absolute atomic E-state index is 13.0. The fourth-order valence-electron chi connectivity index (χ4n) is 3.65. The largest absolute Gasteiger partial charge is 0.416 e. The number of Topliss-reactive ketones (excluding diaryl/α,β-unsaturated/α-hetero) is 1. The van der Waals surface area contributed by atoms with Gasteiger partial charge in [0, 0.05) is 29.3 Å². The van der Waals surface area contributed by atoms with Gasteiger partial charge < -0.3 is 10.6 Å². The second-order valence-corrected chi connectivity index (χ2v) is 8.94. The summed E-state index contributed by atoms with van der Waals surface area (Å²) in [6.07, 6.45) is -1.13. The molecule has 190 valence electrons. The molecule has 2 N–H and O–H groups in total. The maximum atomic E-state index is 13.0. The van der Waals surface area contributed by atoms with E-state index in [4.69, 9.17) is 0 Å². The maximum Gasteiger partial charge on any atom is 0.416 e. The van der Waals surface area contributed by atoms with Crippen LogP contribution in [0.15, 0.2) is 72.8 Å². The van der Waals surface area contributed by atoms with Gasteiger partial charge in [-0.05, 0) is 66.8 Å². The molecule has 0 aromatic heterocycles. The van der Waals surface area contributed by atoms with Gasteiger partial charge in [-0.2, -0.15) is 13.2 Å². The molecule has 1 aliphatic rings. The molecule has 4 rings (SSSR count). The molecule has 0 spiro atoms. The number of nitrogens with one attached hydrogen (secondary N) is 2. The third-order valence-corrected chi connectivity index (χ3v) is 5.98. The molecule has 0 saturated heterocycles. The number of carbonyl (C=O) groups is 3. The lowest BCUT2D eigenvalue weighted by Gasteiger charge is -2.11. The Balaban J connectivity index is 1.48. The zero-order valence-corrected chi connectivity index (χ0v) is 20.1. The van der Waals surface area contributed by atoms with Crippen molar-refractivity contribution in [2.45, 2.75) is 38.5 Å². The van der Waals surface area contributed by atoms with Gasteiger partial charge in [0.15, 0.2) is 5.78 Å². The lowest BCUT2D eigenvalue weighted by molar-refractivity contribution is -0.137. The molecular formula is C29H25F3N2O3. The van der Waals surface area contributed by atoms with Crippen molar-refractivity contribution in [2.24, 2.45) is 0 Å². The van der Waals surface area contributed by atoms with Crippen molar-refractivity contribution in [1.29, 1.82) is 0 Å². The number of amides is 2. The highest BCUT2D eigenvalue weighted by molar-refractivity contribution is 6.24. The van der Waals surface area contributed by atoms with Crippen molar-refractivity contribution in [3.05, 3.63) is 106 Å². The first-order chi connectivity index (χ1) is 17.6. The van der Waals surface area contributed by atoms with Crippen LogP contribution in [0, 0.1) is 0 Å². The molecule has 0 heterocycles. The van der Waals surface area contributed by atoms with Gasteiger partial charge >= 0.3 is 6.18 Å². The summed E-state index contributed by atoms with van der Waals surface area (Å²) in [6, 6.07) is 18.1. The Labute approximate surface area is 212 Å². The molecule has 8 heteroatoms. The number of ketones is 1. The van der Waals surface area contributed by atoms with Gasteiger partial charge in [-0.15, -0.1) is 0 Å². The zero-order chi connectivity index (χ0) is 26.6. The highest BCUT2D eigenvalue weighted by Crippen LogP contribution is 2.31. The van der Waals surface area contributed by atoms with E-state index in [0.29, 0.717) is 22.3 Å². The lowest BCUT2D eigenvalue weighted by atomic mass is 9.99. The van der Waals surface area contributed by atoms with Crippen LogP contribution in [0.4, 0.5) is 13.2 Å². The van der Waals surface area contributed by atoms with Gasteiger partial charge in [0.1, 0.15) is 0 Å². The van der Waals surface area contributed by atoms with Crippen LogP contribution >= 0.6 is 0 Å². The molecule has 2 amide bonds. The number of hydrogen-bond donors (Lipinski definition) is 2. The monoisotopic (exact) mass is 506 g/mol. The lowest BCUT2D eigenvalue weighted by Crippen LogP contribution is -2.26. The summed E-state index contributed by atoms with van der Waals surface area (Å²) in [7, 11) is 0. The molecule has 0 radical (unpaired) electrons. The van der Waals surface area contributed by atoms with Gasteiger partial charge in [0.2, 0.25) is 0 Å². The Morgan fingerprint density at radius 1 is 0.838 bits per heavy atom. The van der Waals surface area contributed by atoms with Crippen LogP contribution < -0.4 is 10.6 Å². The Morgan fingerprint density at radius 3 is 1.95 bits per heavy atom. The van der Waals surface area contributed by atoms with Gasteiger partial charge in [-0.1, -0.05) is 48.5 Å². The SMILES string of the molecule is CC(=O)c1ccc(CNC(=O)c2ccc(/C=C(/C(=O)NC3CC3)c3ccc(C(F)(F)F)cc3)cc2)cc1. The van der Waals surface area contributed by atoms with Gasteiger partial charge in [-0.25, -0.2) is 0 Å². The molecule has 1 fully saturated rings. The van der Waals surface area contributed by atoms with Crippen molar-refractivity contribution in [3.8, 4) is 0 Å². The quantitative estimate of drug-likeness (QED) is 0.235. The average Bonchev–Trinajstić information content (AvgIpc) is 3.70. The second kappa shape index (κ2) is 10.8. The number of carbonyl (C=O) groups excluding carboxylic acids is 3. The van der Waals surface area contributed by atoms with E-state index in [1.54, 1.807) is 54.6 Å². The molecule has 5 nitrogen and oxygen atoms in total. The highest BCUT2D eigenvalue weighted by atomic mass is 19.4. The fraction of sp³-hybridized carbons (Fsp3) is 0.207. The Morgan fingerprint density at radius 2 is 1.41 bits per heavy atom. The fourth-order valence-corrected chi connectivity index (χ4v) is 3.65. The summed E-state index contributed by atoms with van der Waals surface area (Å²) in [5.74, 6) is -0.684. The topological polar surface area (TPSA) is 75.3 Å². The smallest absolute Gasteiger partial charge is 0.349 e. The predicted octanol–water partition coefficient (Wildman–Crippen LogP) is 5.66. The normalized spacial score (nSPS) is 13.7. The molecule has 1 aliphatic carbocycles. The van der Waals surface area contributed by atoms with Crippen LogP contribution in [0.5, 0.6) is 0 Å². The molecule has 0 atom stereocenters. The third-order valence-electron chi connectivity index (χ3n) is 5.98. The number of benzene rings is 3. The minimum Gasteiger partial charge on any atom is -0.349 e. The first kappa shape index (κ1) is 25.9. The van der Waals surface area contributed by atoms with Crippen molar-refractivity contribution in [3.63, 3.8) is 0 Å². The second-order valence-electron chi connectivity index (χ2n) is 8.94. The van der Waals surface area contributed by atoms with E-state index in [1.807, 2.05) is 0 Å². The van der Waals surface area contributed by atoms with Gasteiger partial charge in [0.25, 0.3) is 11.8 Å². The summed E-state index contributed by atoms with van der Waals surface area (Å²) >= 11 is 0. The third kappa shape index (κ3) is 6.94. The van der Waals surface area contributed by atoms with Crippen LogP contribution in [0.25, 0.3) is 11.6 Å². The van der Waals surface area contributed by atoms with Crippen LogP contribution in [0.2, 0.25) is 0 Å². The number of rotatable bonds is 8. The van der Waals surface area contributed by atoms with Crippen LogP contribution in [0.1, 0.15) is 62.7 Å². The van der Waals surface area contributed by atoms with E-state index in [0.717, 1.165) is 30.5 Å². The molecule has 0 aliphatic heterocycles. The summed E-state index contributed by atoms with van der Waals surface area (Å²) in [6.45, 7) is 1.78. The summed E-state index contributed by atoms with van der Waals surface area (Å²) in [5, 5.41) is 5.70. The van der Waals surface area contributed by atoms with E-state index < -0.39 is 11.7 Å². The van der Waals surface area contributed by atoms with Crippen molar-refractivity contribution < 1.29 is 27.6 Å². The number of halogens is 3. The molecule has 1 saturated carbocycles.